The molecule has 0 saturated heterocycles. The summed E-state index contributed by atoms with van der Waals surface area (Å²) in [6.07, 6.45) is 2.94. The van der Waals surface area contributed by atoms with Gasteiger partial charge in [0.1, 0.15) is 11.8 Å². The highest BCUT2D eigenvalue weighted by atomic mass is 16.5. The Kier molecular flexibility index (Phi) is 3.41. The normalized spacial score (nSPS) is 12.1. The van der Waals surface area contributed by atoms with E-state index < -0.39 is 12.0 Å². The molecule has 1 aromatic heterocycles. The van der Waals surface area contributed by atoms with Gasteiger partial charge in [-0.2, -0.15) is 0 Å². The second kappa shape index (κ2) is 4.57. The zero-order valence-electron chi connectivity index (χ0n) is 7.80. The molecule has 0 aliphatic heterocycles. The van der Waals surface area contributed by atoms with Gasteiger partial charge in [0.2, 0.25) is 0 Å². The largest absolute Gasteiger partial charge is 0.493 e. The van der Waals surface area contributed by atoms with Gasteiger partial charge in [-0.3, -0.25) is 9.78 Å². The van der Waals surface area contributed by atoms with Gasteiger partial charge < -0.3 is 15.6 Å². The third kappa shape index (κ3) is 2.20. The van der Waals surface area contributed by atoms with Crippen molar-refractivity contribution in [1.29, 1.82) is 0 Å². The van der Waals surface area contributed by atoms with Crippen LogP contribution in [0.15, 0.2) is 18.5 Å². The monoisotopic (exact) mass is 196 g/mol. The van der Waals surface area contributed by atoms with Crippen LogP contribution in [0, 0.1) is 0 Å². The molecule has 1 heterocycles. The number of hydrogen-bond donors (Lipinski definition) is 2. The molecule has 5 nitrogen and oxygen atoms in total. The fraction of sp³-hybridized carbons (Fsp3) is 0.333. The highest BCUT2D eigenvalue weighted by molar-refractivity contribution is 5.76. The van der Waals surface area contributed by atoms with Crippen LogP contribution in [-0.4, -0.2) is 22.7 Å². The number of aromatic nitrogens is 1. The Labute approximate surface area is 81.5 Å². The minimum atomic E-state index is -1.10. The van der Waals surface area contributed by atoms with Crippen molar-refractivity contribution in [2.45, 2.75) is 13.0 Å². The van der Waals surface area contributed by atoms with Crippen LogP contribution >= 0.6 is 0 Å². The molecule has 0 amide bonds. The second-order valence-corrected chi connectivity index (χ2v) is 2.66. The van der Waals surface area contributed by atoms with Crippen LogP contribution in [-0.2, 0) is 4.79 Å². The molecule has 0 fully saturated rings. The Hall–Kier alpha value is -1.62. The number of pyridine rings is 1. The third-order valence-corrected chi connectivity index (χ3v) is 1.71. The van der Waals surface area contributed by atoms with E-state index in [9.17, 15) is 4.79 Å². The number of nitrogens with two attached hydrogens (primary N) is 1. The lowest BCUT2D eigenvalue weighted by molar-refractivity contribution is -0.138. The van der Waals surface area contributed by atoms with E-state index in [1.54, 1.807) is 6.07 Å². The molecule has 0 spiro atoms. The Morgan fingerprint density at radius 3 is 3.07 bits per heavy atom. The van der Waals surface area contributed by atoms with E-state index in [4.69, 9.17) is 15.6 Å². The summed E-state index contributed by atoms with van der Waals surface area (Å²) >= 11 is 0. The molecule has 3 N–H and O–H groups in total. The lowest BCUT2D eigenvalue weighted by Crippen LogP contribution is -2.21. The molecule has 0 saturated carbocycles. The van der Waals surface area contributed by atoms with Crippen molar-refractivity contribution >= 4 is 5.97 Å². The number of carbonyl (C=O) groups is 1. The highest BCUT2D eigenvalue weighted by Crippen LogP contribution is 2.22. The molecule has 14 heavy (non-hydrogen) atoms. The lowest BCUT2D eigenvalue weighted by Gasteiger charge is -2.11. The molecule has 76 valence electrons. The van der Waals surface area contributed by atoms with Gasteiger partial charge in [0, 0.05) is 18.0 Å². The number of carboxylic acid groups (broad SMARTS) is 1. The predicted molar refractivity (Wildman–Crippen MR) is 50.0 cm³/mol. The van der Waals surface area contributed by atoms with E-state index in [1.165, 1.54) is 12.4 Å². The van der Waals surface area contributed by atoms with E-state index >= 15 is 0 Å². The smallest absolute Gasteiger partial charge is 0.325 e. The van der Waals surface area contributed by atoms with Crippen LogP contribution in [0.5, 0.6) is 5.75 Å². The van der Waals surface area contributed by atoms with Crippen molar-refractivity contribution in [1.82, 2.24) is 4.98 Å². The molecular weight excluding hydrogens is 184 g/mol. The zero-order chi connectivity index (χ0) is 10.6. The first-order valence-corrected chi connectivity index (χ1v) is 4.22. The number of nitrogens with zero attached hydrogens (tertiary/aromatic N) is 1. The van der Waals surface area contributed by atoms with Crippen molar-refractivity contribution in [3.63, 3.8) is 0 Å². The van der Waals surface area contributed by atoms with Crippen LogP contribution < -0.4 is 10.5 Å². The fourth-order valence-corrected chi connectivity index (χ4v) is 1.05. The molecule has 1 aromatic rings. The molecule has 0 aliphatic rings. The van der Waals surface area contributed by atoms with Gasteiger partial charge in [-0.1, -0.05) is 0 Å². The molecule has 5 heteroatoms. The van der Waals surface area contributed by atoms with Crippen molar-refractivity contribution < 1.29 is 14.6 Å². The molecule has 0 bridgehead atoms. The molecule has 0 aromatic carbocycles. The van der Waals surface area contributed by atoms with Crippen molar-refractivity contribution in [2.75, 3.05) is 6.61 Å². The lowest BCUT2D eigenvalue weighted by atomic mass is 10.1. The molecule has 0 radical (unpaired) electrons. The third-order valence-electron chi connectivity index (χ3n) is 1.71. The summed E-state index contributed by atoms with van der Waals surface area (Å²) < 4.78 is 5.22. The van der Waals surface area contributed by atoms with Gasteiger partial charge in [-0.25, -0.2) is 0 Å². The topological polar surface area (TPSA) is 85.4 Å². The van der Waals surface area contributed by atoms with Gasteiger partial charge in [-0.05, 0) is 13.0 Å². The van der Waals surface area contributed by atoms with E-state index in [2.05, 4.69) is 4.98 Å². The minimum absolute atomic E-state index is 0.391. The first-order valence-electron chi connectivity index (χ1n) is 4.22. The molecule has 1 rings (SSSR count). The average molecular weight is 196 g/mol. The maximum absolute atomic E-state index is 10.6. The number of hydrogen-bond acceptors (Lipinski definition) is 4. The summed E-state index contributed by atoms with van der Waals surface area (Å²) in [6, 6.07) is 0.506. The first kappa shape index (κ1) is 10.5. The maximum atomic E-state index is 10.6. The van der Waals surface area contributed by atoms with Crippen LogP contribution in [0.25, 0.3) is 0 Å². The summed E-state index contributed by atoms with van der Waals surface area (Å²) in [6.45, 7) is 2.28. The van der Waals surface area contributed by atoms with Gasteiger partial charge in [0.15, 0.2) is 0 Å². The van der Waals surface area contributed by atoms with Crippen molar-refractivity contribution in [3.8, 4) is 5.75 Å². The highest BCUT2D eigenvalue weighted by Gasteiger charge is 2.18. The predicted octanol–water partition coefficient (Wildman–Crippen LogP) is 0.565. The number of rotatable bonds is 4. The van der Waals surface area contributed by atoms with Crippen LogP contribution in [0.3, 0.4) is 0 Å². The Morgan fingerprint density at radius 1 is 1.79 bits per heavy atom. The second-order valence-electron chi connectivity index (χ2n) is 2.66. The minimum Gasteiger partial charge on any atom is -0.493 e. The molecular formula is C9H12N2O3. The Bertz CT molecular complexity index is 328. The van der Waals surface area contributed by atoms with E-state index in [1.807, 2.05) is 6.92 Å². The summed E-state index contributed by atoms with van der Waals surface area (Å²) in [5, 5.41) is 8.72. The number of carboxylic acids is 1. The SMILES string of the molecule is CCOc1ccncc1C(N)C(=O)O. The summed E-state index contributed by atoms with van der Waals surface area (Å²) in [5.74, 6) is -0.628. The molecule has 1 atom stereocenters. The van der Waals surface area contributed by atoms with E-state index in [0.717, 1.165) is 0 Å². The first-order chi connectivity index (χ1) is 6.66. The summed E-state index contributed by atoms with van der Waals surface area (Å²) in [7, 11) is 0. The Morgan fingerprint density at radius 2 is 2.50 bits per heavy atom. The van der Waals surface area contributed by atoms with Gasteiger partial charge in [-0.15, -0.1) is 0 Å². The maximum Gasteiger partial charge on any atom is 0.325 e. The van der Waals surface area contributed by atoms with Crippen molar-refractivity contribution in [3.05, 3.63) is 24.0 Å². The summed E-state index contributed by atoms with van der Waals surface area (Å²) in [5.41, 5.74) is 5.84. The number of aliphatic carboxylic acids is 1. The summed E-state index contributed by atoms with van der Waals surface area (Å²) in [4.78, 5) is 14.5. The van der Waals surface area contributed by atoms with Crippen LogP contribution in [0.4, 0.5) is 0 Å². The fourth-order valence-electron chi connectivity index (χ4n) is 1.05. The molecule has 1 unspecified atom stereocenters. The number of ether oxygens (including phenoxy) is 1. The standard InChI is InChI=1S/C9H12N2O3/c1-2-14-7-3-4-11-5-6(7)8(10)9(12)13/h3-5,8H,2,10H2,1H3,(H,12,13). The van der Waals surface area contributed by atoms with Crippen molar-refractivity contribution in [2.24, 2.45) is 5.73 Å². The quantitative estimate of drug-likeness (QED) is 0.735. The average Bonchev–Trinajstić information content (AvgIpc) is 2.18. The van der Waals surface area contributed by atoms with E-state index in [-0.39, 0.29) is 0 Å². The van der Waals surface area contributed by atoms with E-state index in [0.29, 0.717) is 17.9 Å². The Balaban J connectivity index is 3.00. The van der Waals surface area contributed by atoms with Gasteiger partial charge in [0.25, 0.3) is 0 Å². The zero-order valence-corrected chi connectivity index (χ0v) is 7.80. The van der Waals surface area contributed by atoms with Gasteiger partial charge in [0.05, 0.1) is 6.61 Å². The van der Waals surface area contributed by atoms with Crippen LogP contribution in [0.2, 0.25) is 0 Å². The van der Waals surface area contributed by atoms with Crippen LogP contribution in [0.1, 0.15) is 18.5 Å². The molecule has 0 aliphatic carbocycles. The van der Waals surface area contributed by atoms with Gasteiger partial charge >= 0.3 is 5.97 Å².